The Morgan fingerprint density at radius 1 is 1.33 bits per heavy atom. The fourth-order valence-electron chi connectivity index (χ4n) is 1.38. The van der Waals surface area contributed by atoms with Gasteiger partial charge in [-0.25, -0.2) is 0 Å². The smallest absolute Gasteiger partial charge is 0.170 e. The van der Waals surface area contributed by atoms with Crippen LogP contribution in [-0.2, 0) is 4.79 Å². The number of carbonyl (C=O) groups is 2. The van der Waals surface area contributed by atoms with Crippen LogP contribution in [0.3, 0.4) is 0 Å². The highest BCUT2D eigenvalue weighted by molar-refractivity contribution is 6.07. The third-order valence-corrected chi connectivity index (χ3v) is 2.13. The van der Waals surface area contributed by atoms with Crippen molar-refractivity contribution < 1.29 is 14.3 Å². The zero-order valence-corrected chi connectivity index (χ0v) is 9.16. The van der Waals surface area contributed by atoms with Crippen LogP contribution in [0, 0.1) is 6.92 Å². The lowest BCUT2D eigenvalue weighted by molar-refractivity contribution is -0.116. The van der Waals surface area contributed by atoms with Crippen LogP contribution in [0.5, 0.6) is 5.75 Å². The third-order valence-electron chi connectivity index (χ3n) is 2.13. The van der Waals surface area contributed by atoms with Gasteiger partial charge in [0.05, 0.1) is 13.5 Å². The molecule has 15 heavy (non-hydrogen) atoms. The van der Waals surface area contributed by atoms with E-state index in [2.05, 4.69) is 0 Å². The van der Waals surface area contributed by atoms with Crippen LogP contribution >= 0.6 is 0 Å². The van der Waals surface area contributed by atoms with E-state index >= 15 is 0 Å². The lowest BCUT2D eigenvalue weighted by Gasteiger charge is -2.05. The van der Waals surface area contributed by atoms with Crippen molar-refractivity contribution in [2.75, 3.05) is 7.11 Å². The van der Waals surface area contributed by atoms with Crippen molar-refractivity contribution in [1.82, 2.24) is 0 Å². The Bertz CT molecular complexity index is 394. The fraction of sp³-hybridized carbons (Fsp3) is 0.333. The van der Waals surface area contributed by atoms with E-state index in [9.17, 15) is 9.59 Å². The van der Waals surface area contributed by atoms with Crippen molar-refractivity contribution in [3.8, 4) is 5.75 Å². The molecule has 0 aliphatic heterocycles. The van der Waals surface area contributed by atoms with Gasteiger partial charge in [-0.1, -0.05) is 0 Å². The van der Waals surface area contributed by atoms with E-state index in [0.29, 0.717) is 5.56 Å². The minimum atomic E-state index is -0.145. The van der Waals surface area contributed by atoms with E-state index in [4.69, 9.17) is 4.74 Å². The Morgan fingerprint density at radius 2 is 2.00 bits per heavy atom. The highest BCUT2D eigenvalue weighted by atomic mass is 16.5. The summed E-state index contributed by atoms with van der Waals surface area (Å²) >= 11 is 0. The van der Waals surface area contributed by atoms with Crippen molar-refractivity contribution in [2.24, 2.45) is 0 Å². The monoisotopic (exact) mass is 206 g/mol. The molecular weight excluding hydrogens is 192 g/mol. The average Bonchev–Trinajstić information content (AvgIpc) is 2.16. The molecule has 1 aromatic carbocycles. The summed E-state index contributed by atoms with van der Waals surface area (Å²) in [4.78, 5) is 22.3. The van der Waals surface area contributed by atoms with Crippen LogP contribution in [0.15, 0.2) is 18.2 Å². The Balaban J connectivity index is 2.92. The molecule has 80 valence electrons. The average molecular weight is 206 g/mol. The molecule has 0 heterocycles. The summed E-state index contributed by atoms with van der Waals surface area (Å²) in [7, 11) is 1.58. The van der Waals surface area contributed by atoms with Crippen LogP contribution in [-0.4, -0.2) is 18.7 Å². The molecule has 0 amide bonds. The summed E-state index contributed by atoms with van der Waals surface area (Å²) in [6.07, 6.45) is -0.0359. The second kappa shape index (κ2) is 4.73. The van der Waals surface area contributed by atoms with E-state index in [-0.39, 0.29) is 18.0 Å². The van der Waals surface area contributed by atoms with E-state index < -0.39 is 0 Å². The molecule has 0 radical (unpaired) electrons. The summed E-state index contributed by atoms with van der Waals surface area (Å²) in [5.41, 5.74) is 1.45. The first-order valence-electron chi connectivity index (χ1n) is 4.72. The highest BCUT2D eigenvalue weighted by Crippen LogP contribution is 2.19. The molecule has 0 N–H and O–H groups in total. The second-order valence-electron chi connectivity index (χ2n) is 3.49. The van der Waals surface area contributed by atoms with Gasteiger partial charge < -0.3 is 4.74 Å². The van der Waals surface area contributed by atoms with Gasteiger partial charge in [0, 0.05) is 5.56 Å². The molecular formula is C12H14O3. The summed E-state index contributed by atoms with van der Waals surface area (Å²) in [6.45, 7) is 3.28. The fourth-order valence-corrected chi connectivity index (χ4v) is 1.38. The molecule has 0 spiro atoms. The van der Waals surface area contributed by atoms with E-state index in [0.717, 1.165) is 11.3 Å². The van der Waals surface area contributed by atoms with Crippen molar-refractivity contribution in [3.05, 3.63) is 29.3 Å². The van der Waals surface area contributed by atoms with Gasteiger partial charge in [0.1, 0.15) is 11.5 Å². The van der Waals surface area contributed by atoms with Gasteiger partial charge >= 0.3 is 0 Å². The maximum atomic E-state index is 11.5. The molecule has 3 nitrogen and oxygen atoms in total. The normalized spacial score (nSPS) is 9.80. The van der Waals surface area contributed by atoms with Gasteiger partial charge in [-0.15, -0.1) is 0 Å². The van der Waals surface area contributed by atoms with Gasteiger partial charge in [-0.2, -0.15) is 0 Å². The first-order valence-corrected chi connectivity index (χ1v) is 4.72. The molecule has 0 saturated heterocycles. The minimum Gasteiger partial charge on any atom is -0.496 e. The van der Waals surface area contributed by atoms with Gasteiger partial charge in [0.25, 0.3) is 0 Å². The zero-order chi connectivity index (χ0) is 11.4. The molecule has 0 saturated carbocycles. The van der Waals surface area contributed by atoms with Gasteiger partial charge in [0.15, 0.2) is 5.78 Å². The predicted molar refractivity (Wildman–Crippen MR) is 57.4 cm³/mol. The molecule has 0 atom stereocenters. The molecule has 0 aliphatic carbocycles. The number of rotatable bonds is 4. The maximum Gasteiger partial charge on any atom is 0.170 e. The Morgan fingerprint density at radius 3 is 2.47 bits per heavy atom. The molecule has 3 heteroatoms. The van der Waals surface area contributed by atoms with Crippen LogP contribution < -0.4 is 4.74 Å². The standard InChI is InChI=1S/C12H14O3/c1-8-6-10(4-5-12(8)15-3)11(14)7-9(2)13/h4-6H,7H2,1-3H3. The highest BCUT2D eigenvalue weighted by Gasteiger charge is 2.09. The van der Waals surface area contributed by atoms with Crippen LogP contribution in [0.25, 0.3) is 0 Å². The van der Waals surface area contributed by atoms with Crippen LogP contribution in [0.2, 0.25) is 0 Å². The topological polar surface area (TPSA) is 43.4 Å². The van der Waals surface area contributed by atoms with Crippen molar-refractivity contribution >= 4 is 11.6 Å². The van der Waals surface area contributed by atoms with Crippen molar-refractivity contribution in [1.29, 1.82) is 0 Å². The number of aryl methyl sites for hydroxylation is 1. The van der Waals surface area contributed by atoms with E-state index in [1.807, 2.05) is 6.92 Å². The summed E-state index contributed by atoms with van der Waals surface area (Å²) < 4.78 is 5.08. The molecule has 1 aromatic rings. The van der Waals surface area contributed by atoms with Crippen molar-refractivity contribution in [2.45, 2.75) is 20.3 Å². The van der Waals surface area contributed by atoms with E-state index in [1.54, 1.807) is 25.3 Å². The molecule has 0 fully saturated rings. The number of Topliss-reactive ketones (excluding diaryl/α,β-unsaturated/α-hetero) is 2. The largest absolute Gasteiger partial charge is 0.496 e. The number of ether oxygens (including phenoxy) is 1. The van der Waals surface area contributed by atoms with Crippen LogP contribution in [0.1, 0.15) is 29.3 Å². The Hall–Kier alpha value is -1.64. The second-order valence-corrected chi connectivity index (χ2v) is 3.49. The predicted octanol–water partition coefficient (Wildman–Crippen LogP) is 2.17. The Labute approximate surface area is 89.1 Å². The molecule has 1 rings (SSSR count). The first kappa shape index (κ1) is 11.4. The van der Waals surface area contributed by atoms with Gasteiger partial charge in [0.2, 0.25) is 0 Å². The van der Waals surface area contributed by atoms with Gasteiger partial charge in [-0.3, -0.25) is 9.59 Å². The number of ketones is 2. The number of carbonyl (C=O) groups excluding carboxylic acids is 2. The first-order chi connectivity index (χ1) is 7.04. The number of benzene rings is 1. The summed E-state index contributed by atoms with van der Waals surface area (Å²) in [6, 6.07) is 5.16. The third kappa shape index (κ3) is 2.91. The molecule has 0 unspecified atom stereocenters. The zero-order valence-electron chi connectivity index (χ0n) is 9.16. The molecule has 0 bridgehead atoms. The lowest BCUT2D eigenvalue weighted by atomic mass is 10.0. The van der Waals surface area contributed by atoms with Crippen LogP contribution in [0.4, 0.5) is 0 Å². The molecule has 0 aromatic heterocycles. The number of hydrogen-bond acceptors (Lipinski definition) is 3. The lowest BCUT2D eigenvalue weighted by Crippen LogP contribution is -2.05. The molecule has 0 aliphatic rings. The number of hydrogen-bond donors (Lipinski definition) is 0. The van der Waals surface area contributed by atoms with Crippen molar-refractivity contribution in [3.63, 3.8) is 0 Å². The summed E-state index contributed by atoms with van der Waals surface area (Å²) in [5.74, 6) is 0.482. The number of methoxy groups -OCH3 is 1. The van der Waals surface area contributed by atoms with Gasteiger partial charge in [-0.05, 0) is 37.6 Å². The van der Waals surface area contributed by atoms with E-state index in [1.165, 1.54) is 6.92 Å². The quantitative estimate of drug-likeness (QED) is 0.560. The minimum absolute atomic E-state index is 0.0359. The summed E-state index contributed by atoms with van der Waals surface area (Å²) in [5, 5.41) is 0. The Kier molecular flexibility index (Phi) is 3.61. The SMILES string of the molecule is COc1ccc(C(=O)CC(C)=O)cc1C. The maximum absolute atomic E-state index is 11.5.